The van der Waals surface area contributed by atoms with E-state index in [0.29, 0.717) is 23.8 Å². The van der Waals surface area contributed by atoms with Gasteiger partial charge in [0, 0.05) is 31.5 Å². The third-order valence-electron chi connectivity index (χ3n) is 5.15. The number of sulfonamides is 1. The Hall–Kier alpha value is -2.36. The van der Waals surface area contributed by atoms with E-state index in [1.54, 1.807) is 47.4 Å². The smallest absolute Gasteiger partial charge is 0.243 e. The summed E-state index contributed by atoms with van der Waals surface area (Å²) >= 11 is 1.59. The van der Waals surface area contributed by atoms with Crippen molar-refractivity contribution in [3.63, 3.8) is 0 Å². The van der Waals surface area contributed by atoms with Gasteiger partial charge in [0.05, 0.1) is 12.0 Å². The van der Waals surface area contributed by atoms with Gasteiger partial charge in [0.15, 0.2) is 11.0 Å². The number of methoxy groups -OCH3 is 1. The minimum Gasteiger partial charge on any atom is -0.497 e. The van der Waals surface area contributed by atoms with E-state index in [2.05, 4.69) is 10.2 Å². The average Bonchev–Trinajstić information content (AvgIpc) is 3.43. The number of aromatic nitrogens is 3. The number of nitrogens with zero attached hydrogens (tertiary/aromatic N) is 4. The van der Waals surface area contributed by atoms with Gasteiger partial charge in [-0.25, -0.2) is 8.42 Å². The lowest BCUT2D eigenvalue weighted by Gasteiger charge is -2.15. The molecule has 1 saturated heterocycles. The van der Waals surface area contributed by atoms with Gasteiger partial charge in [-0.05, 0) is 54.8 Å². The molecule has 158 valence electrons. The standard InChI is InChI=1S/C21H24N4O3S2/c1-24-20(22-23-21(24)29-15-16-6-5-7-18(14-16)28-2)17-8-10-19(11-9-17)30(26,27)25-12-3-4-13-25/h5-11,14H,3-4,12-13,15H2,1-2H3. The van der Waals surface area contributed by atoms with Gasteiger partial charge >= 0.3 is 0 Å². The van der Waals surface area contributed by atoms with Crippen molar-refractivity contribution in [2.24, 2.45) is 7.05 Å². The molecule has 0 aliphatic carbocycles. The van der Waals surface area contributed by atoms with Crippen molar-refractivity contribution < 1.29 is 13.2 Å². The van der Waals surface area contributed by atoms with E-state index in [4.69, 9.17) is 4.74 Å². The highest BCUT2D eigenvalue weighted by Crippen LogP contribution is 2.28. The highest BCUT2D eigenvalue weighted by Gasteiger charge is 2.27. The highest BCUT2D eigenvalue weighted by atomic mass is 32.2. The Morgan fingerprint density at radius 2 is 1.80 bits per heavy atom. The maximum Gasteiger partial charge on any atom is 0.243 e. The van der Waals surface area contributed by atoms with Crippen LogP contribution in [0.3, 0.4) is 0 Å². The molecule has 0 saturated carbocycles. The maximum atomic E-state index is 12.7. The largest absolute Gasteiger partial charge is 0.497 e. The minimum absolute atomic E-state index is 0.322. The van der Waals surface area contributed by atoms with E-state index in [1.807, 2.05) is 35.9 Å². The van der Waals surface area contributed by atoms with E-state index >= 15 is 0 Å². The van der Waals surface area contributed by atoms with E-state index in [9.17, 15) is 8.42 Å². The van der Waals surface area contributed by atoms with Gasteiger partial charge in [-0.15, -0.1) is 10.2 Å². The van der Waals surface area contributed by atoms with Crippen LogP contribution in [-0.2, 0) is 22.8 Å². The molecule has 0 atom stereocenters. The summed E-state index contributed by atoms with van der Waals surface area (Å²) in [6.07, 6.45) is 1.85. The van der Waals surface area contributed by atoms with Gasteiger partial charge in [-0.3, -0.25) is 0 Å². The van der Waals surface area contributed by atoms with Crippen molar-refractivity contribution >= 4 is 21.8 Å². The van der Waals surface area contributed by atoms with Crippen LogP contribution in [0, 0.1) is 0 Å². The van der Waals surface area contributed by atoms with Crippen molar-refractivity contribution in [1.29, 1.82) is 0 Å². The first-order valence-corrected chi connectivity index (χ1v) is 12.2. The fourth-order valence-electron chi connectivity index (χ4n) is 3.46. The second-order valence-electron chi connectivity index (χ2n) is 7.14. The Balaban J connectivity index is 1.49. The Labute approximate surface area is 181 Å². The van der Waals surface area contributed by atoms with Crippen LogP contribution in [0.5, 0.6) is 5.75 Å². The molecule has 7 nitrogen and oxygen atoms in total. The Bertz CT molecular complexity index is 1120. The summed E-state index contributed by atoms with van der Waals surface area (Å²) in [6, 6.07) is 14.8. The number of hydrogen-bond acceptors (Lipinski definition) is 6. The zero-order valence-corrected chi connectivity index (χ0v) is 18.6. The molecule has 30 heavy (non-hydrogen) atoms. The normalized spacial score (nSPS) is 14.9. The van der Waals surface area contributed by atoms with Crippen LogP contribution >= 0.6 is 11.8 Å². The Kier molecular flexibility index (Phi) is 6.12. The molecule has 9 heteroatoms. The third kappa shape index (κ3) is 4.23. The van der Waals surface area contributed by atoms with Crippen LogP contribution in [0.4, 0.5) is 0 Å². The Morgan fingerprint density at radius 1 is 1.07 bits per heavy atom. The summed E-state index contributed by atoms with van der Waals surface area (Å²) in [5.41, 5.74) is 1.97. The van der Waals surface area contributed by atoms with E-state index in [-0.39, 0.29) is 0 Å². The molecule has 0 radical (unpaired) electrons. The second kappa shape index (κ2) is 8.79. The molecule has 0 amide bonds. The molecule has 4 rings (SSSR count). The van der Waals surface area contributed by atoms with E-state index in [1.165, 1.54) is 0 Å². The lowest BCUT2D eigenvalue weighted by atomic mass is 10.2. The molecule has 1 aliphatic heterocycles. The predicted octanol–water partition coefficient (Wildman–Crippen LogP) is 3.57. The quantitative estimate of drug-likeness (QED) is 0.519. The first kappa shape index (κ1) is 20.9. The molecule has 3 aromatic rings. The molecule has 2 heterocycles. The summed E-state index contributed by atoms with van der Waals surface area (Å²) < 4.78 is 34.1. The number of hydrogen-bond donors (Lipinski definition) is 0. The van der Waals surface area contributed by atoms with Crippen LogP contribution in [0.2, 0.25) is 0 Å². The molecule has 1 aromatic heterocycles. The molecule has 1 fully saturated rings. The van der Waals surface area contributed by atoms with Crippen molar-refractivity contribution in [3.05, 3.63) is 54.1 Å². The first-order chi connectivity index (χ1) is 14.5. The molecule has 1 aliphatic rings. The molecule has 0 bridgehead atoms. The summed E-state index contributed by atoms with van der Waals surface area (Å²) in [5, 5.41) is 9.40. The monoisotopic (exact) mass is 444 g/mol. The van der Waals surface area contributed by atoms with Crippen LogP contribution in [-0.4, -0.2) is 47.7 Å². The molecule has 0 spiro atoms. The lowest BCUT2D eigenvalue weighted by molar-refractivity contribution is 0.414. The molecular formula is C21H24N4O3S2. The van der Waals surface area contributed by atoms with Gasteiger partial charge in [0.2, 0.25) is 10.0 Å². The van der Waals surface area contributed by atoms with Crippen molar-refractivity contribution in [1.82, 2.24) is 19.1 Å². The number of benzene rings is 2. The predicted molar refractivity (Wildman–Crippen MR) is 117 cm³/mol. The molecule has 2 aromatic carbocycles. The summed E-state index contributed by atoms with van der Waals surface area (Å²) in [6.45, 7) is 1.20. The summed E-state index contributed by atoms with van der Waals surface area (Å²) in [5.74, 6) is 2.28. The molecular weight excluding hydrogens is 420 g/mol. The first-order valence-electron chi connectivity index (χ1n) is 9.75. The fraction of sp³-hybridized carbons (Fsp3) is 0.333. The highest BCUT2D eigenvalue weighted by molar-refractivity contribution is 7.98. The van der Waals surface area contributed by atoms with Crippen molar-refractivity contribution in [2.45, 2.75) is 28.6 Å². The van der Waals surface area contributed by atoms with Gasteiger partial charge < -0.3 is 9.30 Å². The second-order valence-corrected chi connectivity index (χ2v) is 10.0. The van der Waals surface area contributed by atoms with Gasteiger partial charge in [0.25, 0.3) is 0 Å². The SMILES string of the molecule is COc1cccc(CSc2nnc(-c3ccc(S(=O)(=O)N4CCCC4)cc3)n2C)c1. The molecule has 0 unspecified atom stereocenters. The van der Waals surface area contributed by atoms with Crippen LogP contribution in [0.25, 0.3) is 11.4 Å². The number of rotatable bonds is 7. The number of ether oxygens (including phenoxy) is 1. The zero-order valence-electron chi connectivity index (χ0n) is 17.0. The third-order valence-corrected chi connectivity index (χ3v) is 8.16. The van der Waals surface area contributed by atoms with E-state index < -0.39 is 10.0 Å². The summed E-state index contributed by atoms with van der Waals surface area (Å²) in [7, 11) is 0.159. The zero-order chi connectivity index (χ0) is 21.1. The van der Waals surface area contributed by atoms with Crippen LogP contribution in [0.15, 0.2) is 58.6 Å². The van der Waals surface area contributed by atoms with Gasteiger partial charge in [-0.2, -0.15) is 4.31 Å². The number of thioether (sulfide) groups is 1. The van der Waals surface area contributed by atoms with Crippen molar-refractivity contribution in [3.8, 4) is 17.1 Å². The van der Waals surface area contributed by atoms with Gasteiger partial charge in [0.1, 0.15) is 5.75 Å². The van der Waals surface area contributed by atoms with Crippen LogP contribution < -0.4 is 4.74 Å². The van der Waals surface area contributed by atoms with Crippen LogP contribution in [0.1, 0.15) is 18.4 Å². The van der Waals surface area contributed by atoms with Crippen molar-refractivity contribution in [2.75, 3.05) is 20.2 Å². The maximum absolute atomic E-state index is 12.7. The topological polar surface area (TPSA) is 77.3 Å². The van der Waals surface area contributed by atoms with Gasteiger partial charge in [-0.1, -0.05) is 23.9 Å². The fourth-order valence-corrected chi connectivity index (χ4v) is 5.83. The molecule has 0 N–H and O–H groups in total. The minimum atomic E-state index is -3.41. The Morgan fingerprint density at radius 3 is 2.50 bits per heavy atom. The summed E-state index contributed by atoms with van der Waals surface area (Å²) in [4.78, 5) is 0.322. The average molecular weight is 445 g/mol. The lowest BCUT2D eigenvalue weighted by Crippen LogP contribution is -2.27. The van der Waals surface area contributed by atoms with E-state index in [0.717, 1.165) is 40.6 Å².